The van der Waals surface area contributed by atoms with E-state index in [2.05, 4.69) is 12.2 Å². The van der Waals surface area contributed by atoms with E-state index in [1.807, 2.05) is 0 Å². The van der Waals surface area contributed by atoms with Crippen molar-refractivity contribution in [3.8, 4) is 11.5 Å². The van der Waals surface area contributed by atoms with Crippen molar-refractivity contribution in [1.82, 2.24) is 5.32 Å². The number of amides is 1. The summed E-state index contributed by atoms with van der Waals surface area (Å²) in [6, 6.07) is 5.05. The summed E-state index contributed by atoms with van der Waals surface area (Å²) in [5, 5.41) is 3.42. The maximum Gasteiger partial charge on any atom is 0.349 e. The van der Waals surface area contributed by atoms with Gasteiger partial charge in [-0.2, -0.15) is 0 Å². The molecule has 6 heteroatoms. The summed E-state index contributed by atoms with van der Waals surface area (Å²) >= 11 is 0. The molecule has 1 N–H and O–H groups in total. The summed E-state index contributed by atoms with van der Waals surface area (Å²) in [5.74, 6) is 1.04. The third kappa shape index (κ3) is 3.95. The highest BCUT2D eigenvalue weighted by Gasteiger charge is 2.23. The topological polar surface area (TPSA) is 77.8 Å². The second-order valence-corrected chi connectivity index (χ2v) is 6.32. The largest absolute Gasteiger partial charge is 0.493 e. The Kier molecular flexibility index (Phi) is 5.26. The molecule has 0 radical (unpaired) electrons. The van der Waals surface area contributed by atoms with Gasteiger partial charge in [0, 0.05) is 11.9 Å². The van der Waals surface area contributed by atoms with Crippen LogP contribution in [0.15, 0.2) is 27.4 Å². The van der Waals surface area contributed by atoms with Crippen molar-refractivity contribution >= 4 is 16.9 Å². The molecule has 0 saturated heterocycles. The van der Waals surface area contributed by atoms with E-state index < -0.39 is 11.5 Å². The normalized spacial score (nSPS) is 13.7. The first-order valence-electron chi connectivity index (χ1n) is 8.70. The fourth-order valence-electron chi connectivity index (χ4n) is 2.57. The van der Waals surface area contributed by atoms with E-state index in [4.69, 9.17) is 13.9 Å². The fraction of sp³-hybridized carbons (Fsp3) is 0.474. The van der Waals surface area contributed by atoms with Gasteiger partial charge in [0.05, 0.1) is 13.7 Å². The molecule has 0 spiro atoms. The second-order valence-electron chi connectivity index (χ2n) is 6.32. The smallest absolute Gasteiger partial charge is 0.349 e. The van der Waals surface area contributed by atoms with Gasteiger partial charge in [-0.3, -0.25) is 4.79 Å². The third-order valence-corrected chi connectivity index (χ3v) is 4.28. The van der Waals surface area contributed by atoms with Crippen LogP contribution in [0.4, 0.5) is 0 Å². The predicted molar refractivity (Wildman–Crippen MR) is 94.5 cm³/mol. The van der Waals surface area contributed by atoms with Crippen LogP contribution in [0.2, 0.25) is 0 Å². The molecule has 6 nitrogen and oxygen atoms in total. The zero-order valence-electron chi connectivity index (χ0n) is 14.6. The van der Waals surface area contributed by atoms with E-state index in [-0.39, 0.29) is 5.56 Å². The molecule has 1 aromatic heterocycles. The average Bonchev–Trinajstić information content (AvgIpc) is 3.44. The number of hydrogen-bond acceptors (Lipinski definition) is 5. The quantitative estimate of drug-likeness (QED) is 0.587. The number of hydrogen-bond donors (Lipinski definition) is 1. The monoisotopic (exact) mass is 345 g/mol. The van der Waals surface area contributed by atoms with Crippen molar-refractivity contribution in [3.05, 3.63) is 34.2 Å². The highest BCUT2D eigenvalue weighted by atomic mass is 16.5. The molecular formula is C19H23NO5. The molecule has 25 heavy (non-hydrogen) atoms. The van der Waals surface area contributed by atoms with E-state index in [0.29, 0.717) is 41.5 Å². The number of unbranched alkanes of at least 4 members (excludes halogenated alkanes) is 1. The number of nitrogens with one attached hydrogen (secondary N) is 1. The average molecular weight is 345 g/mol. The first kappa shape index (κ1) is 17.3. The Balaban J connectivity index is 1.94. The first-order chi connectivity index (χ1) is 12.1. The molecule has 2 aromatic rings. The molecule has 1 amide bonds. The summed E-state index contributed by atoms with van der Waals surface area (Å²) in [7, 11) is 1.53. The molecule has 134 valence electrons. The van der Waals surface area contributed by atoms with Crippen molar-refractivity contribution in [2.45, 2.75) is 32.6 Å². The Labute approximate surface area is 146 Å². The highest BCUT2D eigenvalue weighted by Crippen LogP contribution is 2.35. The van der Waals surface area contributed by atoms with E-state index in [0.717, 1.165) is 25.7 Å². The van der Waals surface area contributed by atoms with E-state index in [9.17, 15) is 9.59 Å². The molecule has 1 saturated carbocycles. The summed E-state index contributed by atoms with van der Waals surface area (Å²) in [6.45, 7) is 3.17. The van der Waals surface area contributed by atoms with E-state index in [1.54, 1.807) is 18.2 Å². The molecule has 3 rings (SSSR count). The minimum absolute atomic E-state index is 0.0119. The van der Waals surface area contributed by atoms with Crippen LogP contribution >= 0.6 is 0 Å². The van der Waals surface area contributed by atoms with Crippen LogP contribution < -0.4 is 20.4 Å². The van der Waals surface area contributed by atoms with Gasteiger partial charge in [-0.1, -0.05) is 13.3 Å². The van der Waals surface area contributed by atoms with Crippen molar-refractivity contribution < 1.29 is 18.7 Å². The van der Waals surface area contributed by atoms with Gasteiger partial charge in [0.1, 0.15) is 5.56 Å². The first-order valence-corrected chi connectivity index (χ1v) is 8.70. The molecule has 1 aliphatic carbocycles. The Bertz CT molecular complexity index is 822. The standard InChI is InChI=1S/C19H23NO5/c1-3-4-9-24-17-15(23-2)8-7-13-10-14(19(22)25-16(13)17)18(21)20-11-12-5-6-12/h7-8,10,12H,3-6,9,11H2,1-2H3,(H,20,21). The Morgan fingerprint density at radius 3 is 2.84 bits per heavy atom. The second kappa shape index (κ2) is 7.59. The number of carbonyl (C=O) groups excluding carboxylic acids is 1. The molecule has 0 bridgehead atoms. The Morgan fingerprint density at radius 2 is 2.16 bits per heavy atom. The number of ether oxygens (including phenoxy) is 2. The molecule has 0 aliphatic heterocycles. The van der Waals surface area contributed by atoms with Gasteiger partial charge in [0.2, 0.25) is 5.75 Å². The molecule has 1 aliphatic rings. The molecular weight excluding hydrogens is 322 g/mol. The van der Waals surface area contributed by atoms with Crippen molar-refractivity contribution in [1.29, 1.82) is 0 Å². The highest BCUT2D eigenvalue weighted by molar-refractivity contribution is 5.97. The molecule has 1 aromatic carbocycles. The maximum absolute atomic E-state index is 12.3. The number of benzene rings is 1. The maximum atomic E-state index is 12.3. The molecule has 1 heterocycles. The van der Waals surface area contributed by atoms with Crippen LogP contribution in [0, 0.1) is 5.92 Å². The summed E-state index contributed by atoms with van der Waals surface area (Å²) < 4.78 is 16.5. The lowest BCUT2D eigenvalue weighted by Crippen LogP contribution is -2.29. The van der Waals surface area contributed by atoms with E-state index in [1.165, 1.54) is 7.11 Å². The number of rotatable bonds is 8. The molecule has 0 atom stereocenters. The molecule has 0 unspecified atom stereocenters. The number of methoxy groups -OCH3 is 1. The van der Waals surface area contributed by atoms with Gasteiger partial charge in [-0.15, -0.1) is 0 Å². The summed E-state index contributed by atoms with van der Waals surface area (Å²) in [6.07, 6.45) is 4.13. The Hall–Kier alpha value is -2.50. The number of fused-ring (bicyclic) bond motifs is 1. The van der Waals surface area contributed by atoms with Gasteiger partial charge in [-0.25, -0.2) is 4.79 Å². The zero-order valence-corrected chi connectivity index (χ0v) is 14.6. The van der Waals surface area contributed by atoms with Crippen molar-refractivity contribution in [3.63, 3.8) is 0 Å². The lowest BCUT2D eigenvalue weighted by molar-refractivity contribution is 0.0948. The van der Waals surface area contributed by atoms with Gasteiger partial charge in [0.25, 0.3) is 5.91 Å². The van der Waals surface area contributed by atoms with Crippen LogP contribution in [0.1, 0.15) is 43.0 Å². The number of carbonyl (C=O) groups is 1. The van der Waals surface area contributed by atoms with Gasteiger partial charge in [0.15, 0.2) is 11.3 Å². The van der Waals surface area contributed by atoms with Crippen LogP contribution in [0.3, 0.4) is 0 Å². The lowest BCUT2D eigenvalue weighted by Gasteiger charge is -2.12. The third-order valence-electron chi connectivity index (χ3n) is 4.28. The predicted octanol–water partition coefficient (Wildman–Crippen LogP) is 3.12. The van der Waals surface area contributed by atoms with Crippen LogP contribution in [0.5, 0.6) is 11.5 Å². The van der Waals surface area contributed by atoms with Crippen molar-refractivity contribution in [2.24, 2.45) is 5.92 Å². The Morgan fingerprint density at radius 1 is 1.36 bits per heavy atom. The zero-order chi connectivity index (χ0) is 17.8. The minimum Gasteiger partial charge on any atom is -0.493 e. The minimum atomic E-state index is -0.672. The van der Waals surface area contributed by atoms with Crippen LogP contribution in [0.25, 0.3) is 11.0 Å². The summed E-state index contributed by atoms with van der Waals surface area (Å²) in [5.41, 5.74) is -0.355. The van der Waals surface area contributed by atoms with E-state index >= 15 is 0 Å². The molecule has 1 fully saturated rings. The van der Waals surface area contributed by atoms with Crippen molar-refractivity contribution in [2.75, 3.05) is 20.3 Å². The SMILES string of the molecule is CCCCOc1c(OC)ccc2cc(C(=O)NCC3CC3)c(=O)oc12. The summed E-state index contributed by atoms with van der Waals surface area (Å²) in [4.78, 5) is 24.5. The van der Waals surface area contributed by atoms with Gasteiger partial charge in [-0.05, 0) is 43.4 Å². The fourth-order valence-corrected chi connectivity index (χ4v) is 2.57. The van der Waals surface area contributed by atoms with Gasteiger partial charge >= 0.3 is 5.63 Å². The lowest BCUT2D eigenvalue weighted by atomic mass is 10.1. The van der Waals surface area contributed by atoms with Crippen LogP contribution in [-0.2, 0) is 0 Å². The van der Waals surface area contributed by atoms with Gasteiger partial charge < -0.3 is 19.2 Å². The van der Waals surface area contributed by atoms with Crippen LogP contribution in [-0.4, -0.2) is 26.2 Å².